The van der Waals surface area contributed by atoms with Crippen molar-refractivity contribution in [1.82, 2.24) is 24.2 Å². The minimum atomic E-state index is 0.600. The van der Waals surface area contributed by atoms with E-state index in [0.717, 1.165) is 42.4 Å². The molecule has 7 nitrogen and oxygen atoms in total. The summed E-state index contributed by atoms with van der Waals surface area (Å²) in [7, 11) is 3.33. The van der Waals surface area contributed by atoms with Gasteiger partial charge in [0.05, 0.1) is 20.9 Å². The normalized spacial score (nSPS) is 13.7. The van der Waals surface area contributed by atoms with Crippen LogP contribution in [0.25, 0.3) is 11.4 Å². The summed E-state index contributed by atoms with van der Waals surface area (Å²) in [5.74, 6) is 2.33. The molecule has 0 amide bonds. The highest BCUT2D eigenvalue weighted by Crippen LogP contribution is 2.33. The molecule has 0 N–H and O–H groups in total. The van der Waals surface area contributed by atoms with Gasteiger partial charge < -0.3 is 9.47 Å². The monoisotopic (exact) mass is 423 g/mol. The maximum Gasteiger partial charge on any atom is 0.199 e. The summed E-state index contributed by atoms with van der Waals surface area (Å²) < 4.78 is 15.5. The summed E-state index contributed by atoms with van der Waals surface area (Å²) in [6.07, 6.45) is 6.32. The molecule has 4 rings (SSSR count). The van der Waals surface area contributed by atoms with Crippen molar-refractivity contribution in [2.24, 2.45) is 0 Å². The molecular weight excluding hydrogens is 398 g/mol. The van der Waals surface area contributed by atoms with Crippen molar-refractivity contribution in [3.63, 3.8) is 0 Å². The number of pyridine rings is 1. The predicted octanol–water partition coefficient (Wildman–Crippen LogP) is 3.70. The SMILES string of the molecule is C=CCn1c(-c2cccnc2)nn(CN2CCc3cc(OC)c(OC)cc3C2)c1=S. The summed E-state index contributed by atoms with van der Waals surface area (Å²) in [6, 6.07) is 8.04. The Morgan fingerprint density at radius 2 is 1.97 bits per heavy atom. The van der Waals surface area contributed by atoms with E-state index in [4.69, 9.17) is 26.8 Å². The van der Waals surface area contributed by atoms with Crippen LogP contribution in [0.4, 0.5) is 0 Å². The number of benzene rings is 1. The first-order valence-electron chi connectivity index (χ1n) is 9.79. The minimum Gasteiger partial charge on any atom is -0.493 e. The van der Waals surface area contributed by atoms with Crippen LogP contribution in [0, 0.1) is 4.77 Å². The molecule has 1 aliphatic rings. The summed E-state index contributed by atoms with van der Waals surface area (Å²) in [5.41, 5.74) is 3.47. The maximum atomic E-state index is 5.73. The Morgan fingerprint density at radius 3 is 2.63 bits per heavy atom. The number of nitrogens with zero attached hydrogens (tertiary/aromatic N) is 5. The molecule has 0 fully saturated rings. The molecule has 0 bridgehead atoms. The number of methoxy groups -OCH3 is 2. The molecule has 8 heteroatoms. The zero-order chi connectivity index (χ0) is 21.1. The summed E-state index contributed by atoms with van der Waals surface area (Å²) >= 11 is 5.73. The van der Waals surface area contributed by atoms with Crippen LogP contribution in [0.1, 0.15) is 11.1 Å². The quantitative estimate of drug-likeness (QED) is 0.427. The largest absolute Gasteiger partial charge is 0.493 e. The first kappa shape index (κ1) is 20.3. The summed E-state index contributed by atoms with van der Waals surface area (Å²) in [6.45, 7) is 6.79. The Balaban J connectivity index is 1.61. The van der Waals surface area contributed by atoms with Gasteiger partial charge in [-0.3, -0.25) is 14.5 Å². The van der Waals surface area contributed by atoms with Gasteiger partial charge in [-0.2, -0.15) is 5.10 Å². The van der Waals surface area contributed by atoms with Crippen molar-refractivity contribution < 1.29 is 9.47 Å². The van der Waals surface area contributed by atoms with Gasteiger partial charge in [0, 0.05) is 37.6 Å². The Bertz CT molecular complexity index is 1110. The van der Waals surface area contributed by atoms with Crippen molar-refractivity contribution in [3.8, 4) is 22.9 Å². The summed E-state index contributed by atoms with van der Waals surface area (Å²) in [5, 5.41) is 4.81. The number of ether oxygens (including phenoxy) is 2. The van der Waals surface area contributed by atoms with Crippen LogP contribution in [-0.4, -0.2) is 45.0 Å². The molecule has 3 aromatic rings. The highest BCUT2D eigenvalue weighted by Gasteiger charge is 2.21. The van der Waals surface area contributed by atoms with E-state index in [-0.39, 0.29) is 0 Å². The first-order valence-corrected chi connectivity index (χ1v) is 10.2. The maximum absolute atomic E-state index is 5.73. The minimum absolute atomic E-state index is 0.600. The van der Waals surface area contributed by atoms with Gasteiger partial charge >= 0.3 is 0 Å². The average Bonchev–Trinajstić information content (AvgIpc) is 3.09. The third-order valence-corrected chi connectivity index (χ3v) is 5.72. The fourth-order valence-electron chi connectivity index (χ4n) is 3.79. The van der Waals surface area contributed by atoms with Gasteiger partial charge in [-0.25, -0.2) is 4.68 Å². The second-order valence-corrected chi connectivity index (χ2v) is 7.53. The first-order chi connectivity index (χ1) is 14.6. The number of aromatic nitrogens is 4. The van der Waals surface area contributed by atoms with E-state index in [9.17, 15) is 0 Å². The Kier molecular flexibility index (Phi) is 5.96. The standard InChI is InChI=1S/C22H25N5O2S/c1-4-9-26-21(17-6-5-8-23-13-17)24-27(22(26)30)15-25-10-7-16-11-19(28-2)20(29-3)12-18(16)14-25/h4-6,8,11-13H,1,7,9-10,14-15H2,2-3H3. The van der Waals surface area contributed by atoms with Crippen LogP contribution >= 0.6 is 12.2 Å². The lowest BCUT2D eigenvalue weighted by Crippen LogP contribution is -2.33. The molecule has 0 saturated heterocycles. The third-order valence-electron chi connectivity index (χ3n) is 5.29. The zero-order valence-electron chi connectivity index (χ0n) is 17.2. The van der Waals surface area contributed by atoms with Gasteiger partial charge in [0.25, 0.3) is 0 Å². The van der Waals surface area contributed by atoms with Crippen molar-refractivity contribution in [3.05, 3.63) is 65.2 Å². The van der Waals surface area contributed by atoms with E-state index < -0.39 is 0 Å². The molecule has 0 saturated carbocycles. The predicted molar refractivity (Wildman–Crippen MR) is 118 cm³/mol. The molecular formula is C22H25N5O2S. The van der Waals surface area contributed by atoms with Crippen LogP contribution in [0.2, 0.25) is 0 Å². The lowest BCUT2D eigenvalue weighted by molar-refractivity contribution is 0.187. The molecule has 1 aromatic carbocycles. The smallest absolute Gasteiger partial charge is 0.199 e. The van der Waals surface area contributed by atoms with E-state index in [1.165, 1.54) is 11.1 Å². The topological polar surface area (TPSA) is 57.3 Å². The van der Waals surface area contributed by atoms with Gasteiger partial charge in [-0.15, -0.1) is 6.58 Å². The third kappa shape index (κ3) is 3.88. The van der Waals surface area contributed by atoms with Gasteiger partial charge in [0.1, 0.15) is 0 Å². The molecule has 0 unspecified atom stereocenters. The molecule has 2 aromatic heterocycles. The highest BCUT2D eigenvalue weighted by molar-refractivity contribution is 7.71. The van der Waals surface area contributed by atoms with Gasteiger partial charge in [0.2, 0.25) is 0 Å². The van der Waals surface area contributed by atoms with Gasteiger partial charge in [-0.05, 0) is 54.0 Å². The van der Waals surface area contributed by atoms with E-state index in [1.807, 2.05) is 27.5 Å². The lowest BCUT2D eigenvalue weighted by Gasteiger charge is -2.29. The van der Waals surface area contributed by atoms with Crippen LogP contribution in [0.5, 0.6) is 11.5 Å². The number of hydrogen-bond acceptors (Lipinski definition) is 6. The highest BCUT2D eigenvalue weighted by atomic mass is 32.1. The Labute approximate surface area is 181 Å². The molecule has 30 heavy (non-hydrogen) atoms. The van der Waals surface area contributed by atoms with Crippen molar-refractivity contribution >= 4 is 12.2 Å². The fraction of sp³-hybridized carbons (Fsp3) is 0.318. The van der Waals surface area contributed by atoms with Gasteiger partial charge in [0.15, 0.2) is 22.1 Å². The van der Waals surface area contributed by atoms with Crippen LogP contribution in [-0.2, 0) is 26.2 Å². The molecule has 1 aliphatic heterocycles. The second kappa shape index (κ2) is 8.81. The van der Waals surface area contributed by atoms with Crippen LogP contribution < -0.4 is 9.47 Å². The fourth-order valence-corrected chi connectivity index (χ4v) is 4.05. The molecule has 0 aliphatic carbocycles. The second-order valence-electron chi connectivity index (χ2n) is 7.17. The number of rotatable bonds is 7. The van der Waals surface area contributed by atoms with Crippen LogP contribution in [0.15, 0.2) is 49.3 Å². The molecule has 0 atom stereocenters. The Hall–Kier alpha value is -2.97. The lowest BCUT2D eigenvalue weighted by atomic mass is 9.99. The molecule has 0 spiro atoms. The van der Waals surface area contributed by atoms with Gasteiger partial charge in [-0.1, -0.05) is 6.08 Å². The zero-order valence-corrected chi connectivity index (χ0v) is 18.1. The number of hydrogen-bond donors (Lipinski definition) is 0. The molecule has 0 radical (unpaired) electrons. The average molecular weight is 424 g/mol. The van der Waals surface area contributed by atoms with E-state index in [1.54, 1.807) is 26.6 Å². The van der Waals surface area contributed by atoms with Crippen molar-refractivity contribution in [1.29, 1.82) is 0 Å². The number of fused-ring (bicyclic) bond motifs is 1. The number of allylic oxidation sites excluding steroid dienone is 1. The van der Waals surface area contributed by atoms with E-state index >= 15 is 0 Å². The molecule has 3 heterocycles. The van der Waals surface area contributed by atoms with Crippen molar-refractivity contribution in [2.45, 2.75) is 26.2 Å². The summed E-state index contributed by atoms with van der Waals surface area (Å²) in [4.78, 5) is 6.55. The molecule has 156 valence electrons. The van der Waals surface area contributed by atoms with Crippen molar-refractivity contribution in [2.75, 3.05) is 20.8 Å². The Morgan fingerprint density at radius 1 is 1.20 bits per heavy atom. The van der Waals surface area contributed by atoms with E-state index in [0.29, 0.717) is 18.0 Å². The van der Waals surface area contributed by atoms with Crippen LogP contribution in [0.3, 0.4) is 0 Å². The van der Waals surface area contributed by atoms with E-state index in [2.05, 4.69) is 28.6 Å².